The smallest absolute Gasteiger partial charge is 0.411 e. The molecule has 6 nitrogen and oxygen atoms in total. The third-order valence-electron chi connectivity index (χ3n) is 6.02. The summed E-state index contributed by atoms with van der Waals surface area (Å²) in [6.45, 7) is 2.47. The number of esters is 1. The Labute approximate surface area is 217 Å². The van der Waals surface area contributed by atoms with Crippen LogP contribution in [0.4, 0.5) is 14.9 Å². The first kappa shape index (κ1) is 31.9. The van der Waals surface area contributed by atoms with E-state index in [0.29, 0.717) is 12.3 Å². The van der Waals surface area contributed by atoms with E-state index in [2.05, 4.69) is 12.2 Å². The molecule has 0 spiro atoms. The average Bonchev–Trinajstić information content (AvgIpc) is 2.87. The Morgan fingerprint density at radius 3 is 1.78 bits per heavy atom. The zero-order valence-electron chi connectivity index (χ0n) is 22.5. The van der Waals surface area contributed by atoms with E-state index in [9.17, 15) is 9.59 Å². The van der Waals surface area contributed by atoms with Crippen LogP contribution in [-0.4, -0.2) is 44.2 Å². The molecule has 1 N–H and O–H groups in total. The van der Waals surface area contributed by atoms with E-state index < -0.39 is 30.9 Å². The summed E-state index contributed by atoms with van der Waals surface area (Å²) in [6, 6.07) is 8.74. The number of nitrogens with one attached hydrogen (secondary N) is 1. The molecular weight excluding hydrogens is 461 g/mol. The number of rotatable bonds is 22. The third kappa shape index (κ3) is 18.2. The molecule has 1 aromatic carbocycles. The molecule has 0 saturated heterocycles. The second-order valence-electron chi connectivity index (χ2n) is 9.65. The van der Waals surface area contributed by atoms with E-state index in [4.69, 9.17) is 14.2 Å². The lowest BCUT2D eigenvalue weighted by Crippen LogP contribution is -2.41. The molecule has 0 aliphatic heterocycles. The molecule has 1 unspecified atom stereocenters. The highest BCUT2D eigenvalue weighted by atomic mass is 19.1. The van der Waals surface area contributed by atoms with E-state index in [1.165, 1.54) is 77.6 Å². The molecule has 36 heavy (non-hydrogen) atoms. The number of alkyl halides is 1. The van der Waals surface area contributed by atoms with Crippen LogP contribution < -0.4 is 5.32 Å². The van der Waals surface area contributed by atoms with Crippen molar-refractivity contribution in [3.63, 3.8) is 0 Å². The second kappa shape index (κ2) is 21.0. The molecule has 1 atom stereocenters. The normalized spacial score (nSPS) is 12.6. The van der Waals surface area contributed by atoms with E-state index in [-0.39, 0.29) is 6.61 Å². The molecule has 0 bridgehead atoms. The van der Waals surface area contributed by atoms with Crippen LogP contribution in [0.3, 0.4) is 0 Å². The second-order valence-corrected chi connectivity index (χ2v) is 9.65. The van der Waals surface area contributed by atoms with Crippen molar-refractivity contribution in [2.75, 3.05) is 31.7 Å². The molecule has 1 rings (SSSR count). The Morgan fingerprint density at radius 2 is 1.25 bits per heavy atom. The summed E-state index contributed by atoms with van der Waals surface area (Å²) in [5, 5.41) is 2.53. The van der Waals surface area contributed by atoms with Gasteiger partial charge in [0.15, 0.2) is 0 Å². The van der Waals surface area contributed by atoms with Gasteiger partial charge in [-0.2, -0.15) is 0 Å². The summed E-state index contributed by atoms with van der Waals surface area (Å²) < 4.78 is 30.6. The number of anilines is 1. The van der Waals surface area contributed by atoms with Gasteiger partial charge in [-0.25, -0.2) is 9.18 Å². The van der Waals surface area contributed by atoms with Crippen molar-refractivity contribution in [2.24, 2.45) is 0 Å². The fourth-order valence-corrected chi connectivity index (χ4v) is 3.88. The van der Waals surface area contributed by atoms with E-state index in [1.807, 2.05) is 6.07 Å². The summed E-state index contributed by atoms with van der Waals surface area (Å²) in [7, 11) is 0. The van der Waals surface area contributed by atoms with Crippen LogP contribution >= 0.6 is 0 Å². The van der Waals surface area contributed by atoms with Crippen molar-refractivity contribution < 1.29 is 28.2 Å². The minimum atomic E-state index is -2.10. The zero-order chi connectivity index (χ0) is 26.3. The van der Waals surface area contributed by atoms with Crippen LogP contribution in [0.25, 0.3) is 0 Å². The lowest BCUT2D eigenvalue weighted by atomic mass is 10.0. The van der Waals surface area contributed by atoms with Gasteiger partial charge in [-0.3, -0.25) is 10.1 Å². The van der Waals surface area contributed by atoms with E-state index in [1.54, 1.807) is 24.3 Å². The molecular formula is C29H48FNO5. The number of unbranched alkanes of at least 4 members (excludes halogenated alkanes) is 13. The number of benzene rings is 1. The molecule has 0 radical (unpaired) electrons. The standard InChI is InChI=1S/C29H48FNO5/c1-3-4-5-6-7-8-9-10-11-12-13-14-15-19-22-34-23-29(30,24-35-26(2)32)25-36-28(33)31-27-20-17-16-18-21-27/h16-18,20-21H,3-15,19,22-25H2,1-2H3,(H,31,33). The maximum atomic E-state index is 15.2. The number of ether oxygens (including phenoxy) is 3. The molecule has 1 aromatic rings. The molecule has 0 aliphatic rings. The highest BCUT2D eigenvalue weighted by Gasteiger charge is 2.34. The van der Waals surface area contributed by atoms with Crippen LogP contribution in [0.5, 0.6) is 0 Å². The van der Waals surface area contributed by atoms with Crippen LogP contribution in [0.2, 0.25) is 0 Å². The van der Waals surface area contributed by atoms with Crippen LogP contribution in [0, 0.1) is 0 Å². The van der Waals surface area contributed by atoms with Gasteiger partial charge >= 0.3 is 12.1 Å². The predicted octanol–water partition coefficient (Wildman–Crippen LogP) is 8.00. The molecule has 0 aliphatic carbocycles. The number of hydrogen-bond acceptors (Lipinski definition) is 5. The van der Waals surface area contributed by atoms with Gasteiger partial charge in [0.1, 0.15) is 13.2 Å². The van der Waals surface area contributed by atoms with Crippen LogP contribution in [-0.2, 0) is 19.0 Å². The summed E-state index contributed by atoms with van der Waals surface area (Å²) >= 11 is 0. The van der Waals surface area contributed by atoms with E-state index in [0.717, 1.165) is 19.3 Å². The first-order valence-corrected chi connectivity index (χ1v) is 13.8. The number of amides is 1. The Kier molecular flexibility index (Phi) is 18.6. The van der Waals surface area contributed by atoms with Gasteiger partial charge < -0.3 is 14.2 Å². The van der Waals surface area contributed by atoms with Crippen LogP contribution in [0.1, 0.15) is 104 Å². The SMILES string of the molecule is CCCCCCCCCCCCCCCCOCC(F)(COC(C)=O)COC(=O)Nc1ccccc1. The maximum Gasteiger partial charge on any atom is 0.411 e. The van der Waals surface area contributed by atoms with Crippen molar-refractivity contribution in [1.29, 1.82) is 0 Å². The summed E-state index contributed by atoms with van der Waals surface area (Å²) in [4.78, 5) is 23.1. The largest absolute Gasteiger partial charge is 0.462 e. The number of carbonyl (C=O) groups is 2. The maximum absolute atomic E-state index is 15.2. The molecule has 7 heteroatoms. The number of hydrogen-bond donors (Lipinski definition) is 1. The Hall–Kier alpha value is -2.15. The average molecular weight is 510 g/mol. The quantitative estimate of drug-likeness (QED) is 0.127. The minimum absolute atomic E-state index is 0.308. The summed E-state index contributed by atoms with van der Waals surface area (Å²) in [6.07, 6.45) is 17.0. The predicted molar refractivity (Wildman–Crippen MR) is 143 cm³/mol. The fraction of sp³-hybridized carbons (Fsp3) is 0.724. The van der Waals surface area contributed by atoms with Gasteiger partial charge in [0.2, 0.25) is 5.67 Å². The van der Waals surface area contributed by atoms with Gasteiger partial charge in [-0.15, -0.1) is 0 Å². The van der Waals surface area contributed by atoms with Crippen molar-refractivity contribution in [1.82, 2.24) is 0 Å². The van der Waals surface area contributed by atoms with Crippen molar-refractivity contribution >= 4 is 17.7 Å². The van der Waals surface area contributed by atoms with Gasteiger partial charge in [-0.05, 0) is 18.6 Å². The molecule has 1 amide bonds. The van der Waals surface area contributed by atoms with E-state index >= 15 is 4.39 Å². The minimum Gasteiger partial charge on any atom is -0.462 e. The Bertz CT molecular complexity index is 688. The van der Waals surface area contributed by atoms with Crippen molar-refractivity contribution in [2.45, 2.75) is 109 Å². The number of para-hydroxylation sites is 1. The highest BCUT2D eigenvalue weighted by molar-refractivity contribution is 5.84. The lowest BCUT2D eigenvalue weighted by molar-refractivity contribution is -0.149. The monoisotopic (exact) mass is 509 g/mol. The topological polar surface area (TPSA) is 73.9 Å². The molecule has 0 heterocycles. The number of halogens is 1. The highest BCUT2D eigenvalue weighted by Crippen LogP contribution is 2.16. The first-order valence-electron chi connectivity index (χ1n) is 13.8. The summed E-state index contributed by atoms with van der Waals surface area (Å²) in [5.74, 6) is -0.599. The van der Waals surface area contributed by atoms with Gasteiger partial charge in [0.25, 0.3) is 0 Å². The Balaban J connectivity index is 2.11. The van der Waals surface area contributed by atoms with Crippen LogP contribution in [0.15, 0.2) is 30.3 Å². The molecule has 206 valence electrons. The molecule has 0 fully saturated rings. The summed E-state index contributed by atoms with van der Waals surface area (Å²) in [5.41, 5.74) is -1.56. The first-order chi connectivity index (χ1) is 17.4. The van der Waals surface area contributed by atoms with Gasteiger partial charge in [0, 0.05) is 19.2 Å². The zero-order valence-corrected chi connectivity index (χ0v) is 22.5. The van der Waals surface area contributed by atoms with Gasteiger partial charge in [-0.1, -0.05) is 109 Å². The third-order valence-corrected chi connectivity index (χ3v) is 6.02. The van der Waals surface area contributed by atoms with Gasteiger partial charge in [0.05, 0.1) is 6.61 Å². The fourth-order valence-electron chi connectivity index (χ4n) is 3.88. The molecule has 0 aromatic heterocycles. The van der Waals surface area contributed by atoms with Crippen molar-refractivity contribution in [3.05, 3.63) is 30.3 Å². The number of carbonyl (C=O) groups excluding carboxylic acids is 2. The van der Waals surface area contributed by atoms with Crippen molar-refractivity contribution in [3.8, 4) is 0 Å². The Morgan fingerprint density at radius 1 is 0.750 bits per heavy atom. The molecule has 0 saturated carbocycles. The lowest BCUT2D eigenvalue weighted by Gasteiger charge is -2.24.